The first-order chi connectivity index (χ1) is 9.10. The molecule has 20 heavy (non-hydrogen) atoms. The first-order valence-electron chi connectivity index (χ1n) is 6.48. The van der Waals surface area contributed by atoms with Gasteiger partial charge in [-0.05, 0) is 39.0 Å². The highest BCUT2D eigenvalue weighted by atomic mass is 79.9. The van der Waals surface area contributed by atoms with Crippen molar-refractivity contribution in [2.45, 2.75) is 38.5 Å². The Labute approximate surface area is 125 Å². The third kappa shape index (κ3) is 3.28. The quantitative estimate of drug-likeness (QED) is 0.821. The fraction of sp³-hybridized carbons (Fsp3) is 0.571. The highest BCUT2D eigenvalue weighted by Gasteiger charge is 2.35. The van der Waals surface area contributed by atoms with Gasteiger partial charge in [0.25, 0.3) is 0 Å². The van der Waals surface area contributed by atoms with E-state index in [4.69, 9.17) is 0 Å². The smallest absolute Gasteiger partial charge is 0.366 e. The molecule has 2 rings (SSSR count). The van der Waals surface area contributed by atoms with E-state index >= 15 is 0 Å². The molecule has 1 aromatic carbocycles. The lowest BCUT2D eigenvalue weighted by Crippen LogP contribution is -2.61. The van der Waals surface area contributed by atoms with Gasteiger partial charge in [0, 0.05) is 34.8 Å². The molecule has 0 aromatic heterocycles. The Kier molecular flexibility index (Phi) is 4.08. The van der Waals surface area contributed by atoms with Crippen molar-refractivity contribution in [2.24, 2.45) is 0 Å². The summed E-state index contributed by atoms with van der Waals surface area (Å²) in [6.07, 6.45) is -4.35. The third-order valence-corrected chi connectivity index (χ3v) is 4.25. The van der Waals surface area contributed by atoms with Crippen LogP contribution in [-0.4, -0.2) is 24.7 Å². The molecule has 112 valence electrons. The molecule has 1 heterocycles. The molecule has 1 aliphatic rings. The lowest BCUT2D eigenvalue weighted by atomic mass is 9.98. The zero-order valence-electron chi connectivity index (χ0n) is 11.7. The average Bonchev–Trinajstić information content (AvgIpc) is 2.32. The molecule has 6 heteroatoms. The fourth-order valence-electron chi connectivity index (χ4n) is 2.43. The van der Waals surface area contributed by atoms with Crippen LogP contribution in [0.1, 0.15) is 26.3 Å². The molecular formula is C14H18BrF3N2. The predicted molar refractivity (Wildman–Crippen MR) is 78.0 cm³/mol. The minimum absolute atomic E-state index is 0.0794. The lowest BCUT2D eigenvalue weighted by Gasteiger charge is -2.45. The minimum atomic E-state index is -4.35. The molecule has 0 saturated carbocycles. The van der Waals surface area contributed by atoms with Crippen molar-refractivity contribution in [1.82, 2.24) is 5.32 Å². The standard InChI is InChI=1S/C14H18BrF3N2/c1-9-7-19-13(2,3)8-20(9)10-4-5-12(15)11(6-10)14(16,17)18/h4-6,9,19H,7-8H2,1-3H3. The second-order valence-electron chi connectivity index (χ2n) is 5.90. The molecule has 0 bridgehead atoms. The molecule has 1 fully saturated rings. The van der Waals surface area contributed by atoms with Gasteiger partial charge in [0.05, 0.1) is 5.56 Å². The normalized spacial score (nSPS) is 22.9. The average molecular weight is 351 g/mol. The number of hydrogen-bond acceptors (Lipinski definition) is 2. The maximum Gasteiger partial charge on any atom is 0.417 e. The van der Waals surface area contributed by atoms with Crippen molar-refractivity contribution < 1.29 is 13.2 Å². The van der Waals surface area contributed by atoms with Crippen molar-refractivity contribution >= 4 is 21.6 Å². The van der Waals surface area contributed by atoms with E-state index in [2.05, 4.69) is 35.1 Å². The summed E-state index contributed by atoms with van der Waals surface area (Å²) in [5, 5.41) is 3.39. The van der Waals surface area contributed by atoms with Crippen molar-refractivity contribution in [1.29, 1.82) is 0 Å². The van der Waals surface area contributed by atoms with Gasteiger partial charge in [-0.2, -0.15) is 13.2 Å². The first-order valence-corrected chi connectivity index (χ1v) is 7.28. The van der Waals surface area contributed by atoms with Gasteiger partial charge in [0.1, 0.15) is 0 Å². The van der Waals surface area contributed by atoms with Crippen LogP contribution in [0.25, 0.3) is 0 Å². The highest BCUT2D eigenvalue weighted by Crippen LogP contribution is 2.38. The number of nitrogens with zero attached hydrogens (tertiary/aromatic N) is 1. The zero-order valence-corrected chi connectivity index (χ0v) is 13.3. The van der Waals surface area contributed by atoms with Crippen LogP contribution in [0.4, 0.5) is 18.9 Å². The van der Waals surface area contributed by atoms with Gasteiger partial charge in [0.15, 0.2) is 0 Å². The Morgan fingerprint density at radius 1 is 1.35 bits per heavy atom. The topological polar surface area (TPSA) is 15.3 Å². The molecule has 1 aromatic rings. The summed E-state index contributed by atoms with van der Waals surface area (Å²) in [4.78, 5) is 2.03. The number of alkyl halides is 3. The molecule has 0 radical (unpaired) electrons. The van der Waals surface area contributed by atoms with Gasteiger partial charge in [-0.25, -0.2) is 0 Å². The monoisotopic (exact) mass is 350 g/mol. The summed E-state index contributed by atoms with van der Waals surface area (Å²) in [6, 6.07) is 4.59. The summed E-state index contributed by atoms with van der Waals surface area (Å²) in [6.45, 7) is 7.54. The Morgan fingerprint density at radius 2 is 2.00 bits per heavy atom. The van der Waals surface area contributed by atoms with Crippen LogP contribution in [0.3, 0.4) is 0 Å². The van der Waals surface area contributed by atoms with E-state index in [1.54, 1.807) is 6.07 Å². The van der Waals surface area contributed by atoms with E-state index in [0.717, 1.165) is 6.54 Å². The molecule has 0 amide bonds. The van der Waals surface area contributed by atoms with Gasteiger partial charge < -0.3 is 10.2 Å². The number of benzene rings is 1. The molecule has 0 aliphatic carbocycles. The van der Waals surface area contributed by atoms with E-state index in [9.17, 15) is 13.2 Å². The minimum Gasteiger partial charge on any atom is -0.366 e. The number of anilines is 1. The summed E-state index contributed by atoms with van der Waals surface area (Å²) < 4.78 is 39.0. The maximum absolute atomic E-state index is 13.0. The van der Waals surface area contributed by atoms with Crippen LogP contribution in [0.2, 0.25) is 0 Å². The van der Waals surface area contributed by atoms with Crippen molar-refractivity contribution in [3.05, 3.63) is 28.2 Å². The molecule has 1 unspecified atom stereocenters. The van der Waals surface area contributed by atoms with Gasteiger partial charge >= 0.3 is 6.18 Å². The van der Waals surface area contributed by atoms with E-state index in [0.29, 0.717) is 12.2 Å². The Bertz CT molecular complexity index is 500. The van der Waals surface area contributed by atoms with Crippen LogP contribution in [-0.2, 0) is 6.18 Å². The number of nitrogens with one attached hydrogen (secondary N) is 1. The second kappa shape index (κ2) is 5.22. The van der Waals surface area contributed by atoms with Gasteiger partial charge in [-0.15, -0.1) is 0 Å². The molecule has 1 N–H and O–H groups in total. The van der Waals surface area contributed by atoms with Crippen molar-refractivity contribution in [2.75, 3.05) is 18.0 Å². The van der Waals surface area contributed by atoms with Crippen LogP contribution in [0, 0.1) is 0 Å². The summed E-state index contributed by atoms with van der Waals surface area (Å²) >= 11 is 2.98. The largest absolute Gasteiger partial charge is 0.417 e. The fourth-order valence-corrected chi connectivity index (χ4v) is 2.90. The maximum atomic E-state index is 13.0. The SMILES string of the molecule is CC1CNC(C)(C)CN1c1ccc(Br)c(C(F)(F)F)c1. The van der Waals surface area contributed by atoms with Gasteiger partial charge in [0.2, 0.25) is 0 Å². The molecule has 2 nitrogen and oxygen atoms in total. The summed E-state index contributed by atoms with van der Waals surface area (Å²) in [5.74, 6) is 0. The summed E-state index contributed by atoms with van der Waals surface area (Å²) in [5.41, 5.74) is -0.126. The van der Waals surface area contributed by atoms with E-state index in [1.807, 2.05) is 11.8 Å². The van der Waals surface area contributed by atoms with Gasteiger partial charge in [-0.1, -0.05) is 15.9 Å². The number of piperazine rings is 1. The van der Waals surface area contributed by atoms with E-state index in [1.165, 1.54) is 12.1 Å². The van der Waals surface area contributed by atoms with E-state index < -0.39 is 11.7 Å². The molecule has 1 atom stereocenters. The summed E-state index contributed by atoms with van der Waals surface area (Å²) in [7, 11) is 0. The third-order valence-electron chi connectivity index (χ3n) is 3.56. The predicted octanol–water partition coefficient (Wildman–Crippen LogP) is 4.04. The number of hydrogen-bond donors (Lipinski definition) is 1. The van der Waals surface area contributed by atoms with Gasteiger partial charge in [-0.3, -0.25) is 0 Å². The first kappa shape index (κ1) is 15.6. The van der Waals surface area contributed by atoms with Crippen LogP contribution in [0.5, 0.6) is 0 Å². The zero-order chi connectivity index (χ0) is 15.1. The second-order valence-corrected chi connectivity index (χ2v) is 6.76. The van der Waals surface area contributed by atoms with Crippen molar-refractivity contribution in [3.8, 4) is 0 Å². The highest BCUT2D eigenvalue weighted by molar-refractivity contribution is 9.10. The molecule has 1 aliphatic heterocycles. The molecular weight excluding hydrogens is 333 g/mol. The van der Waals surface area contributed by atoms with Crippen molar-refractivity contribution in [3.63, 3.8) is 0 Å². The Morgan fingerprint density at radius 3 is 2.60 bits per heavy atom. The Balaban J connectivity index is 2.37. The molecule has 1 saturated heterocycles. The number of halogens is 4. The lowest BCUT2D eigenvalue weighted by molar-refractivity contribution is -0.138. The molecule has 0 spiro atoms. The Hall–Kier alpha value is -0.750. The van der Waals surface area contributed by atoms with Crippen LogP contribution >= 0.6 is 15.9 Å². The number of rotatable bonds is 1. The van der Waals surface area contributed by atoms with Crippen LogP contribution < -0.4 is 10.2 Å². The van der Waals surface area contributed by atoms with E-state index in [-0.39, 0.29) is 16.1 Å². The van der Waals surface area contributed by atoms with Crippen LogP contribution in [0.15, 0.2) is 22.7 Å².